The molecule has 1 fully saturated rings. The number of alkyl halides is 2. The molecular weight excluding hydrogens is 218 g/mol. The average molecular weight is 226 g/mol. The normalized spacial score (nSPS) is 19.5. The summed E-state index contributed by atoms with van der Waals surface area (Å²) in [5, 5.41) is 9.98. The number of rotatable bonds is 1. The number of hydrogen-bond donors (Lipinski definition) is 1. The fourth-order valence-corrected chi connectivity index (χ4v) is 1.70. The van der Waals surface area contributed by atoms with Crippen LogP contribution in [0.1, 0.15) is 6.42 Å². The zero-order chi connectivity index (χ0) is 11.2. The molecule has 0 bridgehead atoms. The molecule has 2 aromatic rings. The second-order valence-electron chi connectivity index (χ2n) is 3.73. The number of fused-ring (bicyclic) bond motifs is 1. The number of halogens is 2. The van der Waals surface area contributed by atoms with Crippen molar-refractivity contribution >= 4 is 17.1 Å². The molecule has 0 amide bonds. The van der Waals surface area contributed by atoms with Gasteiger partial charge in [0.15, 0.2) is 0 Å². The third-order valence-electron chi connectivity index (χ3n) is 2.52. The predicted molar refractivity (Wildman–Crippen MR) is 51.3 cm³/mol. The number of hydrogen-bond acceptors (Lipinski definition) is 5. The van der Waals surface area contributed by atoms with Gasteiger partial charge in [-0.05, 0) is 0 Å². The first-order chi connectivity index (χ1) is 7.64. The van der Waals surface area contributed by atoms with Gasteiger partial charge in [0.25, 0.3) is 5.92 Å². The van der Waals surface area contributed by atoms with E-state index in [0.29, 0.717) is 11.2 Å². The Labute approximate surface area is 88.7 Å². The molecule has 2 aromatic heterocycles. The van der Waals surface area contributed by atoms with Crippen molar-refractivity contribution in [1.29, 1.82) is 0 Å². The third kappa shape index (κ3) is 1.46. The zero-order valence-electron chi connectivity index (χ0n) is 8.19. The molecule has 1 N–H and O–H groups in total. The fraction of sp³-hybridized carbons (Fsp3) is 0.500. The highest BCUT2D eigenvalue weighted by Crippen LogP contribution is 2.29. The standard InChI is InChI=1S/C8H8F2N6/c9-8(10)1-2-16(4-8)7-11-3-5-6(12-7)14-15-13-5/h3H,1-2,4H2,(H,11,12,13,14,15). The second kappa shape index (κ2) is 3.06. The van der Waals surface area contributed by atoms with E-state index in [2.05, 4.69) is 25.4 Å². The van der Waals surface area contributed by atoms with E-state index >= 15 is 0 Å². The average Bonchev–Trinajstić information content (AvgIpc) is 2.82. The maximum Gasteiger partial charge on any atom is 0.267 e. The lowest BCUT2D eigenvalue weighted by molar-refractivity contribution is 0.0256. The minimum absolute atomic E-state index is 0.160. The molecule has 3 heterocycles. The maximum absolute atomic E-state index is 13.0. The van der Waals surface area contributed by atoms with Crippen LogP contribution in [0.5, 0.6) is 0 Å². The van der Waals surface area contributed by atoms with Crippen molar-refractivity contribution in [1.82, 2.24) is 25.4 Å². The second-order valence-corrected chi connectivity index (χ2v) is 3.73. The highest BCUT2D eigenvalue weighted by Gasteiger charge is 2.39. The minimum Gasteiger partial charge on any atom is -0.334 e. The van der Waals surface area contributed by atoms with Crippen molar-refractivity contribution < 1.29 is 8.78 Å². The summed E-state index contributed by atoms with van der Waals surface area (Å²) in [4.78, 5) is 9.50. The van der Waals surface area contributed by atoms with Crippen molar-refractivity contribution in [2.24, 2.45) is 0 Å². The van der Waals surface area contributed by atoms with Crippen LogP contribution in [0.3, 0.4) is 0 Å². The van der Waals surface area contributed by atoms with E-state index in [0.717, 1.165) is 0 Å². The molecule has 0 aliphatic carbocycles. The number of aromatic nitrogens is 5. The summed E-state index contributed by atoms with van der Waals surface area (Å²) in [5.41, 5.74) is 0.912. The van der Waals surface area contributed by atoms with Crippen molar-refractivity contribution in [3.05, 3.63) is 6.20 Å². The van der Waals surface area contributed by atoms with Crippen LogP contribution in [0.4, 0.5) is 14.7 Å². The van der Waals surface area contributed by atoms with E-state index in [9.17, 15) is 8.78 Å². The lowest BCUT2D eigenvalue weighted by Gasteiger charge is -2.14. The van der Waals surface area contributed by atoms with Crippen LogP contribution in [0.25, 0.3) is 11.2 Å². The highest BCUT2D eigenvalue weighted by atomic mass is 19.3. The van der Waals surface area contributed by atoms with Gasteiger partial charge in [0.05, 0.1) is 12.7 Å². The molecule has 84 valence electrons. The summed E-state index contributed by atoms with van der Waals surface area (Å²) >= 11 is 0. The van der Waals surface area contributed by atoms with Gasteiger partial charge in [0, 0.05) is 13.0 Å². The van der Waals surface area contributed by atoms with Gasteiger partial charge in [0.2, 0.25) is 11.6 Å². The van der Waals surface area contributed by atoms with Gasteiger partial charge >= 0.3 is 0 Å². The molecule has 0 unspecified atom stereocenters. The quantitative estimate of drug-likeness (QED) is 0.770. The van der Waals surface area contributed by atoms with Crippen LogP contribution in [-0.4, -0.2) is 44.4 Å². The summed E-state index contributed by atoms with van der Waals surface area (Å²) < 4.78 is 26.0. The van der Waals surface area contributed by atoms with Gasteiger partial charge in [-0.2, -0.15) is 15.3 Å². The summed E-state index contributed by atoms with van der Waals surface area (Å²) in [5.74, 6) is -2.37. The molecule has 0 atom stereocenters. The van der Waals surface area contributed by atoms with E-state index in [1.165, 1.54) is 11.1 Å². The Morgan fingerprint density at radius 1 is 1.38 bits per heavy atom. The van der Waals surface area contributed by atoms with Crippen LogP contribution < -0.4 is 4.90 Å². The van der Waals surface area contributed by atoms with Gasteiger partial charge in [-0.25, -0.2) is 13.8 Å². The number of nitrogens with zero attached hydrogens (tertiary/aromatic N) is 5. The molecule has 16 heavy (non-hydrogen) atoms. The van der Waals surface area contributed by atoms with Crippen LogP contribution >= 0.6 is 0 Å². The van der Waals surface area contributed by atoms with Gasteiger partial charge in [-0.15, -0.1) is 5.10 Å². The van der Waals surface area contributed by atoms with Gasteiger partial charge in [0.1, 0.15) is 5.52 Å². The summed E-state index contributed by atoms with van der Waals surface area (Å²) in [6, 6.07) is 0. The fourth-order valence-electron chi connectivity index (χ4n) is 1.70. The number of aromatic amines is 1. The van der Waals surface area contributed by atoms with Gasteiger partial charge < -0.3 is 4.90 Å². The van der Waals surface area contributed by atoms with Crippen LogP contribution in [0, 0.1) is 0 Å². The Kier molecular flexibility index (Phi) is 1.79. The number of nitrogens with one attached hydrogen (secondary N) is 1. The lowest BCUT2D eigenvalue weighted by atomic mass is 10.3. The van der Waals surface area contributed by atoms with E-state index in [1.807, 2.05) is 0 Å². The highest BCUT2D eigenvalue weighted by molar-refractivity contribution is 5.68. The first kappa shape index (κ1) is 9.37. The Bertz CT molecular complexity index is 524. The van der Waals surface area contributed by atoms with Crippen LogP contribution in [0.2, 0.25) is 0 Å². The first-order valence-corrected chi connectivity index (χ1v) is 4.80. The summed E-state index contributed by atoms with van der Waals surface area (Å²) in [6.07, 6.45) is 1.31. The first-order valence-electron chi connectivity index (χ1n) is 4.80. The van der Waals surface area contributed by atoms with E-state index < -0.39 is 5.92 Å². The molecular formula is C8H8F2N6. The molecule has 0 aromatic carbocycles. The number of H-pyrrole nitrogens is 1. The monoisotopic (exact) mass is 226 g/mol. The lowest BCUT2D eigenvalue weighted by Crippen LogP contribution is -2.26. The van der Waals surface area contributed by atoms with Crippen molar-refractivity contribution in [3.63, 3.8) is 0 Å². The molecule has 0 radical (unpaired) electrons. The smallest absolute Gasteiger partial charge is 0.267 e. The van der Waals surface area contributed by atoms with Gasteiger partial charge in [-0.1, -0.05) is 0 Å². The summed E-state index contributed by atoms with van der Waals surface area (Å²) in [7, 11) is 0. The number of anilines is 1. The zero-order valence-corrected chi connectivity index (χ0v) is 8.19. The Morgan fingerprint density at radius 2 is 2.25 bits per heavy atom. The molecule has 0 saturated carbocycles. The predicted octanol–water partition coefficient (Wildman–Crippen LogP) is 0.593. The van der Waals surface area contributed by atoms with Crippen LogP contribution in [-0.2, 0) is 0 Å². The Morgan fingerprint density at radius 3 is 3.00 bits per heavy atom. The molecule has 0 spiro atoms. The van der Waals surface area contributed by atoms with Crippen molar-refractivity contribution in [2.75, 3.05) is 18.0 Å². The van der Waals surface area contributed by atoms with Crippen LogP contribution in [0.15, 0.2) is 6.20 Å². The van der Waals surface area contributed by atoms with E-state index in [4.69, 9.17) is 0 Å². The Hall–Kier alpha value is -1.86. The summed E-state index contributed by atoms with van der Waals surface area (Å²) in [6.45, 7) is -0.0767. The maximum atomic E-state index is 13.0. The molecule has 6 nitrogen and oxygen atoms in total. The van der Waals surface area contributed by atoms with E-state index in [1.54, 1.807) is 0 Å². The van der Waals surface area contributed by atoms with Gasteiger partial charge in [-0.3, -0.25) is 0 Å². The van der Waals surface area contributed by atoms with Crippen molar-refractivity contribution in [2.45, 2.75) is 12.3 Å². The SMILES string of the molecule is FC1(F)CCN(c2ncc3n[nH]nc3n2)C1. The Balaban J connectivity index is 1.94. The molecule has 3 rings (SSSR count). The topological polar surface area (TPSA) is 70.6 Å². The molecule has 1 aliphatic rings. The minimum atomic E-state index is -2.65. The molecule has 1 aliphatic heterocycles. The van der Waals surface area contributed by atoms with E-state index in [-0.39, 0.29) is 25.5 Å². The largest absolute Gasteiger partial charge is 0.334 e. The third-order valence-corrected chi connectivity index (χ3v) is 2.52. The van der Waals surface area contributed by atoms with Crippen molar-refractivity contribution in [3.8, 4) is 0 Å². The molecule has 1 saturated heterocycles. The molecule has 8 heteroatoms.